The van der Waals surface area contributed by atoms with Gasteiger partial charge in [-0.2, -0.15) is 9.61 Å². The minimum atomic E-state index is -0.0473. The van der Waals surface area contributed by atoms with E-state index in [1.807, 2.05) is 30.0 Å². The zero-order valence-electron chi connectivity index (χ0n) is 16.5. The molecular weight excluding hydrogens is 354 g/mol. The number of carbonyl (C=O) groups is 1. The van der Waals surface area contributed by atoms with Crippen molar-refractivity contribution < 1.29 is 9.53 Å². The lowest BCUT2D eigenvalue weighted by atomic mass is 10.0. The van der Waals surface area contributed by atoms with Gasteiger partial charge in [0.15, 0.2) is 5.65 Å². The molecule has 0 saturated carbocycles. The van der Waals surface area contributed by atoms with Crippen molar-refractivity contribution in [3.63, 3.8) is 0 Å². The number of hydrogen-bond acceptors (Lipinski definition) is 5. The van der Waals surface area contributed by atoms with Crippen LogP contribution in [-0.2, 0) is 0 Å². The topological polar surface area (TPSA) is 72.6 Å². The maximum Gasteiger partial charge on any atom is 0.274 e. The zero-order valence-corrected chi connectivity index (χ0v) is 16.5. The molecule has 0 unspecified atom stereocenters. The Kier molecular flexibility index (Phi) is 4.98. The summed E-state index contributed by atoms with van der Waals surface area (Å²) in [5, 5.41) is 12.5. The standard InChI is InChI=1S/C21H25N5O2/c1-4-28-16-9-7-15(8-10-16)19-6-5-11-25(19)21(27)18-12-17(14(2)3)20-23-22-13-26(20)24-18/h7-10,12-14,19H,4-6,11H2,1-3H3/t19-/m0/s1. The molecule has 1 aliphatic heterocycles. The van der Waals surface area contributed by atoms with Crippen molar-refractivity contribution in [1.82, 2.24) is 24.7 Å². The van der Waals surface area contributed by atoms with E-state index in [9.17, 15) is 4.79 Å². The van der Waals surface area contributed by atoms with Crippen LogP contribution in [0.2, 0.25) is 0 Å². The fourth-order valence-electron chi connectivity index (χ4n) is 3.84. The number of nitrogens with zero attached hydrogens (tertiary/aromatic N) is 5. The molecule has 1 aromatic carbocycles. The highest BCUT2D eigenvalue weighted by Gasteiger charge is 2.32. The maximum atomic E-state index is 13.3. The summed E-state index contributed by atoms with van der Waals surface area (Å²) in [6, 6.07) is 9.97. The van der Waals surface area contributed by atoms with Crippen LogP contribution in [0.3, 0.4) is 0 Å². The molecule has 4 rings (SSSR count). The second kappa shape index (κ2) is 7.58. The molecule has 0 aliphatic carbocycles. The smallest absolute Gasteiger partial charge is 0.274 e. The molecule has 0 spiro atoms. The SMILES string of the molecule is CCOc1ccc([C@@H]2CCCN2C(=O)c2cc(C(C)C)c3nncn3n2)cc1. The Balaban J connectivity index is 1.64. The Labute approximate surface area is 164 Å². The summed E-state index contributed by atoms with van der Waals surface area (Å²) in [7, 11) is 0. The fraction of sp³-hybridized carbons (Fsp3) is 0.429. The molecule has 1 fully saturated rings. The van der Waals surface area contributed by atoms with Crippen LogP contribution < -0.4 is 4.74 Å². The second-order valence-corrected chi connectivity index (χ2v) is 7.40. The van der Waals surface area contributed by atoms with Gasteiger partial charge >= 0.3 is 0 Å². The largest absolute Gasteiger partial charge is 0.494 e. The highest BCUT2D eigenvalue weighted by atomic mass is 16.5. The molecule has 0 radical (unpaired) electrons. The van der Waals surface area contributed by atoms with Gasteiger partial charge in [-0.15, -0.1) is 10.2 Å². The number of carbonyl (C=O) groups excluding carboxylic acids is 1. The van der Waals surface area contributed by atoms with E-state index in [0.29, 0.717) is 17.9 Å². The van der Waals surface area contributed by atoms with E-state index in [1.54, 1.807) is 10.8 Å². The van der Waals surface area contributed by atoms with Crippen LogP contribution in [0.1, 0.15) is 67.2 Å². The number of likely N-dealkylation sites (tertiary alicyclic amines) is 1. The third-order valence-electron chi connectivity index (χ3n) is 5.23. The van der Waals surface area contributed by atoms with Crippen LogP contribution in [0.5, 0.6) is 5.75 Å². The molecule has 1 aliphatic rings. The molecule has 1 amide bonds. The van der Waals surface area contributed by atoms with Crippen molar-refractivity contribution in [2.24, 2.45) is 0 Å². The third kappa shape index (κ3) is 3.32. The number of fused-ring (bicyclic) bond motifs is 1. The minimum Gasteiger partial charge on any atom is -0.494 e. The summed E-state index contributed by atoms with van der Waals surface area (Å²) in [5.41, 5.74) is 3.25. The van der Waals surface area contributed by atoms with Crippen LogP contribution in [-0.4, -0.2) is 43.8 Å². The van der Waals surface area contributed by atoms with Gasteiger partial charge in [0, 0.05) is 12.1 Å². The number of aromatic nitrogens is 4. The summed E-state index contributed by atoms with van der Waals surface area (Å²) in [6.07, 6.45) is 3.48. The van der Waals surface area contributed by atoms with E-state index in [1.165, 1.54) is 0 Å². The van der Waals surface area contributed by atoms with Gasteiger partial charge in [-0.25, -0.2) is 0 Å². The summed E-state index contributed by atoms with van der Waals surface area (Å²) < 4.78 is 7.13. The second-order valence-electron chi connectivity index (χ2n) is 7.40. The molecule has 28 heavy (non-hydrogen) atoms. The molecule has 3 heterocycles. The molecule has 7 heteroatoms. The lowest BCUT2D eigenvalue weighted by Crippen LogP contribution is -2.31. The third-order valence-corrected chi connectivity index (χ3v) is 5.23. The monoisotopic (exact) mass is 379 g/mol. The van der Waals surface area contributed by atoms with Gasteiger partial charge in [0.1, 0.15) is 17.8 Å². The first-order valence-electron chi connectivity index (χ1n) is 9.83. The Bertz CT molecular complexity index is 980. The average Bonchev–Trinajstić information content (AvgIpc) is 3.36. The molecular formula is C21H25N5O2. The van der Waals surface area contributed by atoms with Gasteiger partial charge in [0.2, 0.25) is 0 Å². The highest BCUT2D eigenvalue weighted by Crippen LogP contribution is 2.34. The van der Waals surface area contributed by atoms with E-state index in [0.717, 1.165) is 36.3 Å². The van der Waals surface area contributed by atoms with E-state index in [4.69, 9.17) is 4.74 Å². The van der Waals surface area contributed by atoms with Crippen molar-refractivity contribution in [1.29, 1.82) is 0 Å². The summed E-state index contributed by atoms with van der Waals surface area (Å²) in [6.45, 7) is 7.50. The quantitative estimate of drug-likeness (QED) is 0.677. The first kappa shape index (κ1) is 18.4. The molecule has 1 atom stereocenters. The Hall–Kier alpha value is -2.96. The van der Waals surface area contributed by atoms with Gasteiger partial charge in [-0.05, 0) is 49.4 Å². The van der Waals surface area contributed by atoms with Crippen LogP contribution in [0.25, 0.3) is 5.65 Å². The molecule has 1 saturated heterocycles. The van der Waals surface area contributed by atoms with Crippen molar-refractivity contribution in [3.05, 3.63) is 53.5 Å². The maximum absolute atomic E-state index is 13.3. The Morgan fingerprint density at radius 2 is 2.07 bits per heavy atom. The van der Waals surface area contributed by atoms with Crippen LogP contribution in [0.15, 0.2) is 36.7 Å². The van der Waals surface area contributed by atoms with Gasteiger partial charge in [-0.1, -0.05) is 26.0 Å². The molecule has 3 aromatic rings. The van der Waals surface area contributed by atoms with E-state index < -0.39 is 0 Å². The number of rotatable bonds is 5. The molecule has 2 aromatic heterocycles. The van der Waals surface area contributed by atoms with Gasteiger partial charge in [0.05, 0.1) is 12.6 Å². The van der Waals surface area contributed by atoms with Gasteiger partial charge in [0.25, 0.3) is 5.91 Å². The summed E-state index contributed by atoms with van der Waals surface area (Å²) in [4.78, 5) is 15.3. The first-order valence-corrected chi connectivity index (χ1v) is 9.83. The number of benzene rings is 1. The summed E-state index contributed by atoms with van der Waals surface area (Å²) >= 11 is 0. The van der Waals surface area contributed by atoms with Crippen molar-refractivity contribution in [2.75, 3.05) is 13.2 Å². The van der Waals surface area contributed by atoms with Crippen molar-refractivity contribution >= 4 is 11.6 Å². The van der Waals surface area contributed by atoms with Crippen LogP contribution >= 0.6 is 0 Å². The van der Waals surface area contributed by atoms with Crippen molar-refractivity contribution in [3.8, 4) is 5.75 Å². The van der Waals surface area contributed by atoms with Gasteiger partial charge in [-0.3, -0.25) is 4.79 Å². The number of amides is 1. The molecule has 146 valence electrons. The fourth-order valence-corrected chi connectivity index (χ4v) is 3.84. The lowest BCUT2D eigenvalue weighted by molar-refractivity contribution is 0.0728. The highest BCUT2D eigenvalue weighted by molar-refractivity contribution is 5.93. The van der Waals surface area contributed by atoms with Gasteiger partial charge < -0.3 is 9.64 Å². The zero-order chi connectivity index (χ0) is 19.7. The van der Waals surface area contributed by atoms with E-state index in [-0.39, 0.29) is 17.9 Å². The van der Waals surface area contributed by atoms with Crippen LogP contribution in [0, 0.1) is 0 Å². The summed E-state index contributed by atoms with van der Waals surface area (Å²) in [5.74, 6) is 1.03. The van der Waals surface area contributed by atoms with Crippen LogP contribution in [0.4, 0.5) is 0 Å². The van der Waals surface area contributed by atoms with E-state index >= 15 is 0 Å². The Morgan fingerprint density at radius 3 is 2.79 bits per heavy atom. The Morgan fingerprint density at radius 1 is 1.29 bits per heavy atom. The predicted molar refractivity (Wildman–Crippen MR) is 105 cm³/mol. The van der Waals surface area contributed by atoms with Crippen molar-refractivity contribution in [2.45, 2.75) is 45.6 Å². The molecule has 0 bridgehead atoms. The number of ether oxygens (including phenoxy) is 1. The predicted octanol–water partition coefficient (Wildman–Crippen LogP) is 3.62. The minimum absolute atomic E-state index is 0.0473. The normalized spacial score (nSPS) is 16.9. The van der Waals surface area contributed by atoms with E-state index in [2.05, 4.69) is 41.3 Å². The average molecular weight is 379 g/mol. The molecule has 0 N–H and O–H groups in total. The first-order chi connectivity index (χ1) is 13.6. The number of hydrogen-bond donors (Lipinski definition) is 0. The molecule has 7 nitrogen and oxygen atoms in total. The lowest BCUT2D eigenvalue weighted by Gasteiger charge is -2.25.